The standard InChI is InChI=1S/C23H31NO3/c1-22(2,3)16-13-15(14-17(21(16)27)23(4,5)6)11-12-20(26)24-18-9-7-8-10-19(18)25/h7-10,13-14,25,27H,11-12H2,1-6H3,(H,24,26). The largest absolute Gasteiger partial charge is 0.507 e. The van der Waals surface area contributed by atoms with Gasteiger partial charge in [0.05, 0.1) is 5.69 Å². The lowest BCUT2D eigenvalue weighted by Crippen LogP contribution is -2.18. The maximum atomic E-state index is 12.3. The number of carbonyl (C=O) groups excluding carboxylic acids is 1. The Morgan fingerprint density at radius 2 is 1.44 bits per heavy atom. The quantitative estimate of drug-likeness (QED) is 0.644. The zero-order valence-electron chi connectivity index (χ0n) is 17.2. The van der Waals surface area contributed by atoms with E-state index in [0.29, 0.717) is 24.3 Å². The van der Waals surface area contributed by atoms with Gasteiger partial charge < -0.3 is 15.5 Å². The van der Waals surface area contributed by atoms with Gasteiger partial charge in [0.1, 0.15) is 11.5 Å². The molecule has 0 spiro atoms. The minimum atomic E-state index is -0.196. The highest BCUT2D eigenvalue weighted by molar-refractivity contribution is 5.92. The maximum absolute atomic E-state index is 12.3. The van der Waals surface area contributed by atoms with Crippen molar-refractivity contribution in [3.8, 4) is 11.5 Å². The zero-order chi connectivity index (χ0) is 20.4. The number of phenols is 2. The molecule has 1 amide bonds. The summed E-state index contributed by atoms with van der Waals surface area (Å²) in [6.07, 6.45) is 0.859. The zero-order valence-corrected chi connectivity index (χ0v) is 17.2. The van der Waals surface area contributed by atoms with Crippen LogP contribution in [0.15, 0.2) is 36.4 Å². The molecule has 0 saturated carbocycles. The third kappa shape index (κ3) is 5.25. The lowest BCUT2D eigenvalue weighted by Gasteiger charge is -2.28. The summed E-state index contributed by atoms with van der Waals surface area (Å²) in [5.74, 6) is 0.247. The summed E-state index contributed by atoms with van der Waals surface area (Å²) in [7, 11) is 0. The summed E-state index contributed by atoms with van der Waals surface area (Å²) in [6, 6.07) is 10.7. The molecule has 2 aromatic rings. The van der Waals surface area contributed by atoms with Crippen LogP contribution in [0.2, 0.25) is 0 Å². The Bertz CT molecular complexity index is 791. The number of aryl methyl sites for hydroxylation is 1. The van der Waals surface area contributed by atoms with Gasteiger partial charge in [-0.15, -0.1) is 0 Å². The molecule has 0 aliphatic heterocycles. The molecule has 0 atom stereocenters. The Labute approximate surface area is 162 Å². The first kappa shape index (κ1) is 20.8. The van der Waals surface area contributed by atoms with Crippen LogP contribution in [0.1, 0.15) is 64.7 Å². The summed E-state index contributed by atoms with van der Waals surface area (Å²) in [5, 5.41) is 23.3. The van der Waals surface area contributed by atoms with Crippen molar-refractivity contribution in [3.63, 3.8) is 0 Å². The molecule has 0 aliphatic rings. The van der Waals surface area contributed by atoms with E-state index in [1.165, 1.54) is 0 Å². The molecule has 2 rings (SSSR count). The summed E-state index contributed by atoms with van der Waals surface area (Å²) in [6.45, 7) is 12.4. The van der Waals surface area contributed by atoms with Gasteiger partial charge >= 0.3 is 0 Å². The Balaban J connectivity index is 2.23. The minimum Gasteiger partial charge on any atom is -0.507 e. The lowest BCUT2D eigenvalue weighted by atomic mass is 9.78. The van der Waals surface area contributed by atoms with Crippen molar-refractivity contribution in [3.05, 3.63) is 53.1 Å². The monoisotopic (exact) mass is 369 g/mol. The Morgan fingerprint density at radius 1 is 0.926 bits per heavy atom. The van der Waals surface area contributed by atoms with Crippen molar-refractivity contribution in [2.24, 2.45) is 0 Å². The Kier molecular flexibility index (Phi) is 5.88. The van der Waals surface area contributed by atoms with E-state index in [4.69, 9.17) is 0 Å². The van der Waals surface area contributed by atoms with Gasteiger partial charge in [-0.3, -0.25) is 4.79 Å². The number of rotatable bonds is 4. The van der Waals surface area contributed by atoms with Crippen molar-refractivity contribution in [1.82, 2.24) is 0 Å². The predicted octanol–water partition coefficient (Wildman–Crippen LogP) is 5.26. The molecule has 0 unspecified atom stereocenters. The Morgan fingerprint density at radius 3 is 1.93 bits per heavy atom. The van der Waals surface area contributed by atoms with Crippen molar-refractivity contribution in [2.45, 2.75) is 65.2 Å². The van der Waals surface area contributed by atoms with Gasteiger partial charge in [0, 0.05) is 6.42 Å². The van der Waals surface area contributed by atoms with E-state index >= 15 is 0 Å². The van der Waals surface area contributed by atoms with Crippen molar-refractivity contribution < 1.29 is 15.0 Å². The summed E-state index contributed by atoms with van der Waals surface area (Å²) >= 11 is 0. The number of amides is 1. The molecule has 0 aliphatic carbocycles. The average Bonchev–Trinajstić information content (AvgIpc) is 2.54. The lowest BCUT2D eigenvalue weighted by molar-refractivity contribution is -0.116. The van der Waals surface area contributed by atoms with Crippen LogP contribution in [0.25, 0.3) is 0 Å². The number of aromatic hydroxyl groups is 2. The summed E-state index contributed by atoms with van der Waals surface area (Å²) < 4.78 is 0. The molecule has 3 N–H and O–H groups in total. The second kappa shape index (κ2) is 7.63. The third-order valence-electron chi connectivity index (χ3n) is 4.60. The third-order valence-corrected chi connectivity index (χ3v) is 4.60. The molecule has 27 heavy (non-hydrogen) atoms. The highest BCUT2D eigenvalue weighted by Gasteiger charge is 2.26. The smallest absolute Gasteiger partial charge is 0.224 e. The molecule has 0 heterocycles. The maximum Gasteiger partial charge on any atom is 0.224 e. The number of anilines is 1. The summed E-state index contributed by atoms with van der Waals surface area (Å²) in [5.41, 5.74) is 2.84. The van der Waals surface area contributed by atoms with Gasteiger partial charge in [0.25, 0.3) is 0 Å². The normalized spacial score (nSPS) is 12.1. The first-order valence-electron chi connectivity index (χ1n) is 9.34. The van der Waals surface area contributed by atoms with E-state index in [1.54, 1.807) is 24.3 Å². The molecule has 0 bridgehead atoms. The molecule has 4 heteroatoms. The fourth-order valence-electron chi connectivity index (χ4n) is 3.03. The SMILES string of the molecule is CC(C)(C)c1cc(CCC(=O)Nc2ccccc2O)cc(C(C)(C)C)c1O. The fraction of sp³-hybridized carbons (Fsp3) is 0.435. The van der Waals surface area contributed by atoms with Gasteiger partial charge in [-0.05, 0) is 46.1 Å². The molecule has 0 radical (unpaired) electrons. The fourth-order valence-corrected chi connectivity index (χ4v) is 3.03. The molecular weight excluding hydrogens is 338 g/mol. The first-order valence-corrected chi connectivity index (χ1v) is 9.34. The molecule has 0 saturated heterocycles. The second-order valence-electron chi connectivity index (χ2n) is 9.10. The van der Waals surface area contributed by atoms with Crippen LogP contribution >= 0.6 is 0 Å². The van der Waals surface area contributed by atoms with Crippen molar-refractivity contribution in [1.29, 1.82) is 0 Å². The van der Waals surface area contributed by atoms with Crippen LogP contribution in [0, 0.1) is 0 Å². The highest BCUT2D eigenvalue weighted by atomic mass is 16.3. The number of benzene rings is 2. The number of para-hydroxylation sites is 2. The molecule has 0 fully saturated rings. The van der Waals surface area contributed by atoms with Crippen LogP contribution in [0.4, 0.5) is 5.69 Å². The molecule has 4 nitrogen and oxygen atoms in total. The average molecular weight is 370 g/mol. The van der Waals surface area contributed by atoms with Gasteiger partial charge in [0.2, 0.25) is 5.91 Å². The van der Waals surface area contributed by atoms with Crippen LogP contribution < -0.4 is 5.32 Å². The number of nitrogens with one attached hydrogen (secondary N) is 1. The van der Waals surface area contributed by atoms with Crippen LogP contribution in [0.5, 0.6) is 11.5 Å². The molecule has 0 aromatic heterocycles. The predicted molar refractivity (Wildman–Crippen MR) is 111 cm³/mol. The van der Waals surface area contributed by atoms with Crippen LogP contribution in [0.3, 0.4) is 0 Å². The van der Waals surface area contributed by atoms with Crippen LogP contribution in [-0.4, -0.2) is 16.1 Å². The number of phenolic OH excluding ortho intramolecular Hbond substituents is 2. The van der Waals surface area contributed by atoms with E-state index in [0.717, 1.165) is 16.7 Å². The number of carbonyl (C=O) groups is 1. The first-order chi connectivity index (χ1) is 12.4. The molecule has 2 aromatic carbocycles. The highest BCUT2D eigenvalue weighted by Crippen LogP contribution is 2.40. The van der Waals surface area contributed by atoms with Gasteiger partial charge in [-0.2, -0.15) is 0 Å². The summed E-state index contributed by atoms with van der Waals surface area (Å²) in [4.78, 5) is 12.3. The number of hydrogen-bond acceptors (Lipinski definition) is 3. The van der Waals surface area contributed by atoms with Crippen molar-refractivity contribution in [2.75, 3.05) is 5.32 Å². The molecule has 146 valence electrons. The minimum absolute atomic E-state index is 0.0560. The van der Waals surface area contributed by atoms with Crippen LogP contribution in [-0.2, 0) is 22.0 Å². The Hall–Kier alpha value is -2.49. The van der Waals surface area contributed by atoms with Gasteiger partial charge in [-0.25, -0.2) is 0 Å². The second-order valence-corrected chi connectivity index (χ2v) is 9.10. The number of hydrogen-bond donors (Lipinski definition) is 3. The molecular formula is C23H31NO3. The van der Waals surface area contributed by atoms with E-state index in [-0.39, 0.29) is 22.5 Å². The van der Waals surface area contributed by atoms with E-state index in [9.17, 15) is 15.0 Å². The topological polar surface area (TPSA) is 69.6 Å². The van der Waals surface area contributed by atoms with E-state index in [2.05, 4.69) is 46.9 Å². The van der Waals surface area contributed by atoms with E-state index < -0.39 is 0 Å². The van der Waals surface area contributed by atoms with Gasteiger partial charge in [0.15, 0.2) is 0 Å². The van der Waals surface area contributed by atoms with E-state index in [1.807, 2.05) is 12.1 Å². The van der Waals surface area contributed by atoms with Crippen molar-refractivity contribution >= 4 is 11.6 Å². The van der Waals surface area contributed by atoms with Gasteiger partial charge in [-0.1, -0.05) is 65.8 Å².